The van der Waals surface area contributed by atoms with Crippen molar-refractivity contribution in [1.29, 1.82) is 0 Å². The largest absolute Gasteiger partial charge is 0.313 e. The second-order valence-electron chi connectivity index (χ2n) is 3.35. The first-order valence-corrected chi connectivity index (χ1v) is 5.36. The number of rotatable bonds is 8. The van der Waals surface area contributed by atoms with Gasteiger partial charge in [0.1, 0.15) is 0 Å². The summed E-state index contributed by atoms with van der Waals surface area (Å²) in [5, 5.41) is 3.24. The Hall–Kier alpha value is -1.60. The number of allylic oxidation sites excluding steroid dienone is 6. The van der Waals surface area contributed by atoms with Gasteiger partial charge in [0.25, 0.3) is 0 Å². The van der Waals surface area contributed by atoms with Crippen molar-refractivity contribution < 1.29 is 0 Å². The molecule has 0 aliphatic rings. The third-order valence-electron chi connectivity index (χ3n) is 2.05. The maximum Gasteiger partial charge on any atom is 0.0205 e. The van der Waals surface area contributed by atoms with Crippen LogP contribution >= 0.6 is 0 Å². The van der Waals surface area contributed by atoms with E-state index in [2.05, 4.69) is 38.6 Å². The molecule has 0 unspecified atom stereocenters. The molecular formula is C15H21N. The van der Waals surface area contributed by atoms with Crippen LogP contribution in [0.15, 0.2) is 73.4 Å². The van der Waals surface area contributed by atoms with Crippen molar-refractivity contribution in [2.75, 3.05) is 13.1 Å². The normalized spacial score (nSPS) is 11.4. The average molecular weight is 215 g/mol. The molecule has 0 radical (unpaired) electrons. The SMILES string of the molecule is C=C/C=C\C(=C)C(=C)/C=C(\C=C)CNCC. The van der Waals surface area contributed by atoms with Crippen molar-refractivity contribution in [3.63, 3.8) is 0 Å². The van der Waals surface area contributed by atoms with Crippen LogP contribution in [0.3, 0.4) is 0 Å². The zero-order chi connectivity index (χ0) is 12.4. The standard InChI is InChI=1S/C15H21N/c1-6-9-10-13(4)14(5)11-15(7-2)12-16-8-3/h6-7,9-11,16H,1-2,4-5,8,12H2,3H3/b10-9-,15-11+. The van der Waals surface area contributed by atoms with Gasteiger partial charge in [-0.3, -0.25) is 0 Å². The molecular weight excluding hydrogens is 194 g/mol. The van der Waals surface area contributed by atoms with E-state index in [0.717, 1.165) is 29.8 Å². The molecule has 0 saturated heterocycles. The fourth-order valence-corrected chi connectivity index (χ4v) is 1.06. The van der Waals surface area contributed by atoms with Crippen LogP contribution in [-0.2, 0) is 0 Å². The van der Waals surface area contributed by atoms with E-state index in [0.29, 0.717) is 0 Å². The Bertz CT molecular complexity index is 329. The van der Waals surface area contributed by atoms with Crippen LogP contribution in [0.5, 0.6) is 0 Å². The van der Waals surface area contributed by atoms with Crippen LogP contribution < -0.4 is 5.32 Å². The summed E-state index contributed by atoms with van der Waals surface area (Å²) < 4.78 is 0. The summed E-state index contributed by atoms with van der Waals surface area (Å²) in [5.41, 5.74) is 2.89. The Morgan fingerprint density at radius 3 is 2.38 bits per heavy atom. The van der Waals surface area contributed by atoms with Crippen molar-refractivity contribution in [2.24, 2.45) is 0 Å². The topological polar surface area (TPSA) is 12.0 Å². The van der Waals surface area contributed by atoms with Gasteiger partial charge in [0.15, 0.2) is 0 Å². The molecule has 1 N–H and O–H groups in total. The predicted octanol–water partition coefficient (Wildman–Crippen LogP) is 3.56. The van der Waals surface area contributed by atoms with E-state index in [1.807, 2.05) is 24.3 Å². The maximum absolute atomic E-state index is 3.97. The smallest absolute Gasteiger partial charge is 0.0205 e. The molecule has 0 bridgehead atoms. The molecule has 0 heterocycles. The minimum atomic E-state index is 0.803. The van der Waals surface area contributed by atoms with E-state index >= 15 is 0 Å². The molecule has 0 spiro atoms. The highest BCUT2D eigenvalue weighted by Gasteiger charge is 1.95. The molecule has 0 rings (SSSR count). The Labute approximate surface area is 99.3 Å². The molecule has 0 saturated carbocycles. The Morgan fingerprint density at radius 1 is 1.19 bits per heavy atom. The van der Waals surface area contributed by atoms with Gasteiger partial charge in [-0.15, -0.1) is 0 Å². The molecule has 1 nitrogen and oxygen atoms in total. The summed E-state index contributed by atoms with van der Waals surface area (Å²) in [4.78, 5) is 0. The first kappa shape index (κ1) is 14.4. The van der Waals surface area contributed by atoms with Gasteiger partial charge < -0.3 is 5.32 Å². The third kappa shape index (κ3) is 5.99. The highest BCUT2D eigenvalue weighted by atomic mass is 14.8. The van der Waals surface area contributed by atoms with Gasteiger partial charge in [-0.2, -0.15) is 0 Å². The van der Waals surface area contributed by atoms with E-state index < -0.39 is 0 Å². The van der Waals surface area contributed by atoms with Gasteiger partial charge >= 0.3 is 0 Å². The summed E-state index contributed by atoms with van der Waals surface area (Å²) in [5.74, 6) is 0. The van der Waals surface area contributed by atoms with Crippen molar-refractivity contribution in [2.45, 2.75) is 6.92 Å². The summed E-state index contributed by atoms with van der Waals surface area (Å²) >= 11 is 0. The van der Waals surface area contributed by atoms with E-state index in [1.165, 1.54) is 0 Å². The first-order valence-electron chi connectivity index (χ1n) is 5.36. The fraction of sp³-hybridized carbons (Fsp3) is 0.200. The van der Waals surface area contributed by atoms with Crippen LogP contribution in [0.25, 0.3) is 0 Å². The molecule has 0 aromatic rings. The molecule has 0 aromatic carbocycles. The van der Waals surface area contributed by atoms with Gasteiger partial charge in [0.2, 0.25) is 0 Å². The van der Waals surface area contributed by atoms with E-state index in [-0.39, 0.29) is 0 Å². The van der Waals surface area contributed by atoms with E-state index in [9.17, 15) is 0 Å². The van der Waals surface area contributed by atoms with Crippen LogP contribution in [0.2, 0.25) is 0 Å². The molecule has 0 amide bonds. The van der Waals surface area contributed by atoms with Crippen LogP contribution in [0, 0.1) is 0 Å². The maximum atomic E-state index is 3.97. The van der Waals surface area contributed by atoms with Crippen molar-refractivity contribution in [3.05, 3.63) is 73.4 Å². The molecule has 0 atom stereocenters. The summed E-state index contributed by atoms with van der Waals surface area (Å²) in [6.45, 7) is 19.1. The highest BCUT2D eigenvalue weighted by molar-refractivity contribution is 5.46. The number of likely N-dealkylation sites (N-methyl/N-ethyl adjacent to an activating group) is 1. The zero-order valence-electron chi connectivity index (χ0n) is 10.1. The summed E-state index contributed by atoms with van der Waals surface area (Å²) in [6, 6.07) is 0. The summed E-state index contributed by atoms with van der Waals surface area (Å²) in [6.07, 6.45) is 9.28. The lowest BCUT2D eigenvalue weighted by atomic mass is 10.1. The predicted molar refractivity (Wildman–Crippen MR) is 74.4 cm³/mol. The van der Waals surface area contributed by atoms with Gasteiger partial charge in [-0.25, -0.2) is 0 Å². The monoisotopic (exact) mass is 215 g/mol. The van der Waals surface area contributed by atoms with Gasteiger partial charge in [-0.1, -0.05) is 63.6 Å². The van der Waals surface area contributed by atoms with Crippen LogP contribution in [0.1, 0.15) is 6.92 Å². The lowest BCUT2D eigenvalue weighted by molar-refractivity contribution is 0.785. The van der Waals surface area contributed by atoms with Gasteiger partial charge in [0.05, 0.1) is 0 Å². The number of hydrogen-bond acceptors (Lipinski definition) is 1. The summed E-state index contributed by atoms with van der Waals surface area (Å²) in [7, 11) is 0. The molecule has 0 aliphatic carbocycles. The van der Waals surface area contributed by atoms with E-state index in [4.69, 9.17) is 0 Å². The number of hydrogen-bond donors (Lipinski definition) is 1. The second-order valence-corrected chi connectivity index (χ2v) is 3.35. The molecule has 16 heavy (non-hydrogen) atoms. The van der Waals surface area contributed by atoms with E-state index in [1.54, 1.807) is 6.08 Å². The molecule has 0 aliphatic heterocycles. The minimum absolute atomic E-state index is 0.803. The molecule has 86 valence electrons. The fourth-order valence-electron chi connectivity index (χ4n) is 1.06. The van der Waals surface area contributed by atoms with Crippen molar-refractivity contribution in [1.82, 2.24) is 5.32 Å². The highest BCUT2D eigenvalue weighted by Crippen LogP contribution is 2.11. The Kier molecular flexibility index (Phi) is 7.82. The Balaban J connectivity index is 4.52. The third-order valence-corrected chi connectivity index (χ3v) is 2.05. The van der Waals surface area contributed by atoms with Crippen molar-refractivity contribution >= 4 is 0 Å². The second kappa shape index (κ2) is 8.69. The van der Waals surface area contributed by atoms with Gasteiger partial charge in [0, 0.05) is 6.54 Å². The van der Waals surface area contributed by atoms with Crippen LogP contribution in [-0.4, -0.2) is 13.1 Å². The van der Waals surface area contributed by atoms with Crippen molar-refractivity contribution in [3.8, 4) is 0 Å². The molecule has 1 heteroatoms. The Morgan fingerprint density at radius 2 is 1.88 bits per heavy atom. The average Bonchev–Trinajstić information content (AvgIpc) is 2.30. The zero-order valence-corrected chi connectivity index (χ0v) is 10.1. The lowest BCUT2D eigenvalue weighted by Crippen LogP contribution is -2.15. The lowest BCUT2D eigenvalue weighted by Gasteiger charge is -2.05. The first-order chi connectivity index (χ1) is 7.65. The number of nitrogens with one attached hydrogen (secondary N) is 1. The van der Waals surface area contributed by atoms with Crippen LogP contribution in [0.4, 0.5) is 0 Å². The molecule has 0 aromatic heterocycles. The molecule has 0 fully saturated rings. The minimum Gasteiger partial charge on any atom is -0.313 e. The quantitative estimate of drug-likeness (QED) is 0.610. The van der Waals surface area contributed by atoms with Gasteiger partial charge in [-0.05, 0) is 23.3 Å².